The van der Waals surface area contributed by atoms with E-state index in [1.165, 1.54) is 0 Å². The van der Waals surface area contributed by atoms with Gasteiger partial charge in [0.2, 0.25) is 0 Å². The lowest BCUT2D eigenvalue weighted by atomic mass is 10.2. The summed E-state index contributed by atoms with van der Waals surface area (Å²) in [7, 11) is 0. The van der Waals surface area contributed by atoms with Crippen molar-refractivity contribution in [3.63, 3.8) is 0 Å². The summed E-state index contributed by atoms with van der Waals surface area (Å²) in [5.74, 6) is -0.0449. The number of benzene rings is 1. The summed E-state index contributed by atoms with van der Waals surface area (Å²) in [6.45, 7) is 0.884. The minimum atomic E-state index is -0.0449. The van der Waals surface area contributed by atoms with Crippen molar-refractivity contribution in [1.29, 1.82) is 0 Å². The Morgan fingerprint density at radius 3 is 2.50 bits per heavy atom. The molecular weight excluding hydrogens is 270 g/mol. The van der Waals surface area contributed by atoms with E-state index >= 15 is 0 Å². The van der Waals surface area contributed by atoms with Gasteiger partial charge in [-0.25, -0.2) is 0 Å². The van der Waals surface area contributed by atoms with Crippen LogP contribution in [0.2, 0.25) is 0 Å². The molecule has 0 bridgehead atoms. The first-order valence-electron chi connectivity index (χ1n) is 5.38. The predicted molar refractivity (Wildman–Crippen MR) is 67.4 cm³/mol. The molecule has 1 aromatic carbocycles. The van der Waals surface area contributed by atoms with E-state index in [-0.39, 0.29) is 12.5 Å². The van der Waals surface area contributed by atoms with Crippen LogP contribution in [0.15, 0.2) is 28.7 Å². The zero-order valence-electron chi connectivity index (χ0n) is 9.08. The van der Waals surface area contributed by atoms with Crippen molar-refractivity contribution in [1.82, 2.24) is 5.32 Å². The lowest BCUT2D eigenvalue weighted by Crippen LogP contribution is -2.24. The third kappa shape index (κ3) is 4.77. The molecule has 1 aromatic rings. The van der Waals surface area contributed by atoms with Gasteiger partial charge in [0.05, 0.1) is 0 Å². The van der Waals surface area contributed by atoms with Crippen LogP contribution in [0.5, 0.6) is 0 Å². The van der Waals surface area contributed by atoms with Gasteiger partial charge in [-0.3, -0.25) is 4.79 Å². The molecule has 0 unspecified atom stereocenters. The van der Waals surface area contributed by atoms with Crippen LogP contribution in [-0.4, -0.2) is 24.2 Å². The van der Waals surface area contributed by atoms with Gasteiger partial charge >= 0.3 is 0 Å². The van der Waals surface area contributed by atoms with E-state index in [1.54, 1.807) is 12.1 Å². The van der Waals surface area contributed by atoms with Crippen molar-refractivity contribution in [2.24, 2.45) is 0 Å². The number of aliphatic hydroxyl groups excluding tert-OH is 1. The molecule has 0 radical (unpaired) electrons. The average molecular weight is 286 g/mol. The summed E-state index contributed by atoms with van der Waals surface area (Å²) in [4.78, 5) is 11.6. The zero-order valence-corrected chi connectivity index (χ0v) is 10.7. The molecule has 88 valence electrons. The first kappa shape index (κ1) is 13.2. The van der Waals surface area contributed by atoms with Crippen molar-refractivity contribution in [2.45, 2.75) is 19.3 Å². The third-order valence-electron chi connectivity index (χ3n) is 2.23. The first-order valence-corrected chi connectivity index (χ1v) is 6.18. The molecule has 0 aromatic heterocycles. The lowest BCUT2D eigenvalue weighted by Gasteiger charge is -2.04. The molecule has 0 fully saturated rings. The van der Waals surface area contributed by atoms with Gasteiger partial charge < -0.3 is 10.4 Å². The van der Waals surface area contributed by atoms with Crippen LogP contribution in [0.1, 0.15) is 29.6 Å². The monoisotopic (exact) mass is 285 g/mol. The lowest BCUT2D eigenvalue weighted by molar-refractivity contribution is 0.0953. The fourth-order valence-electron chi connectivity index (χ4n) is 1.32. The van der Waals surface area contributed by atoms with Crippen LogP contribution in [0, 0.1) is 0 Å². The summed E-state index contributed by atoms with van der Waals surface area (Å²) >= 11 is 3.32. The van der Waals surface area contributed by atoms with Gasteiger partial charge in [-0.2, -0.15) is 0 Å². The SMILES string of the molecule is O=C(NCCCCCO)c1ccc(Br)cc1. The van der Waals surface area contributed by atoms with E-state index in [9.17, 15) is 4.79 Å². The van der Waals surface area contributed by atoms with Crippen molar-refractivity contribution in [3.8, 4) is 0 Å². The Hall–Kier alpha value is -0.870. The molecule has 0 saturated heterocycles. The molecule has 0 atom stereocenters. The normalized spacial score (nSPS) is 10.1. The fraction of sp³-hybridized carbons (Fsp3) is 0.417. The highest BCUT2D eigenvalue weighted by Gasteiger charge is 2.03. The number of halogens is 1. The summed E-state index contributed by atoms with van der Waals surface area (Å²) < 4.78 is 0.965. The molecule has 0 aliphatic heterocycles. The van der Waals surface area contributed by atoms with E-state index in [4.69, 9.17) is 5.11 Å². The second kappa shape index (κ2) is 7.41. The molecule has 0 aliphatic carbocycles. The second-order valence-electron chi connectivity index (χ2n) is 3.55. The van der Waals surface area contributed by atoms with Crippen LogP contribution < -0.4 is 5.32 Å². The van der Waals surface area contributed by atoms with E-state index in [2.05, 4.69) is 21.2 Å². The third-order valence-corrected chi connectivity index (χ3v) is 2.76. The predicted octanol–water partition coefficient (Wildman–Crippen LogP) is 2.34. The number of amides is 1. The molecule has 0 saturated carbocycles. The Balaban J connectivity index is 2.27. The molecule has 0 heterocycles. The number of hydrogen-bond acceptors (Lipinski definition) is 2. The van der Waals surface area contributed by atoms with Gasteiger partial charge in [0.25, 0.3) is 5.91 Å². The molecule has 0 spiro atoms. The number of aliphatic hydroxyl groups is 1. The van der Waals surface area contributed by atoms with Crippen LogP contribution in [0.3, 0.4) is 0 Å². The first-order chi connectivity index (χ1) is 7.74. The van der Waals surface area contributed by atoms with E-state index in [0.717, 1.165) is 23.7 Å². The molecule has 16 heavy (non-hydrogen) atoms. The molecule has 1 rings (SSSR count). The van der Waals surface area contributed by atoms with Crippen molar-refractivity contribution >= 4 is 21.8 Å². The molecule has 4 heteroatoms. The number of rotatable bonds is 6. The number of nitrogens with one attached hydrogen (secondary N) is 1. The largest absolute Gasteiger partial charge is 0.396 e. The van der Waals surface area contributed by atoms with Crippen molar-refractivity contribution < 1.29 is 9.90 Å². The highest BCUT2D eigenvalue weighted by molar-refractivity contribution is 9.10. The van der Waals surface area contributed by atoms with Gasteiger partial charge in [0.1, 0.15) is 0 Å². The second-order valence-corrected chi connectivity index (χ2v) is 4.46. The van der Waals surface area contributed by atoms with Crippen LogP contribution in [0.4, 0.5) is 0 Å². The minimum Gasteiger partial charge on any atom is -0.396 e. The Morgan fingerprint density at radius 1 is 1.19 bits per heavy atom. The Kier molecular flexibility index (Phi) is 6.11. The maximum atomic E-state index is 11.6. The zero-order chi connectivity index (χ0) is 11.8. The summed E-state index contributed by atoms with van der Waals surface area (Å²) in [6.07, 6.45) is 2.65. The Morgan fingerprint density at radius 2 is 1.88 bits per heavy atom. The summed E-state index contributed by atoms with van der Waals surface area (Å²) in [5.41, 5.74) is 0.672. The molecule has 3 nitrogen and oxygen atoms in total. The quantitative estimate of drug-likeness (QED) is 0.789. The standard InChI is InChI=1S/C12H16BrNO2/c13-11-6-4-10(5-7-11)12(16)14-8-2-1-3-9-15/h4-7,15H,1-3,8-9H2,(H,14,16). The van der Waals surface area contributed by atoms with Gasteiger partial charge in [-0.05, 0) is 43.5 Å². The summed E-state index contributed by atoms with van der Waals surface area (Å²) in [6, 6.07) is 7.27. The smallest absolute Gasteiger partial charge is 0.251 e. The van der Waals surface area contributed by atoms with Crippen molar-refractivity contribution in [2.75, 3.05) is 13.2 Å². The van der Waals surface area contributed by atoms with Gasteiger partial charge in [-0.15, -0.1) is 0 Å². The number of carbonyl (C=O) groups excluding carboxylic acids is 1. The van der Waals surface area contributed by atoms with Crippen molar-refractivity contribution in [3.05, 3.63) is 34.3 Å². The van der Waals surface area contributed by atoms with Gasteiger partial charge in [-0.1, -0.05) is 15.9 Å². The molecule has 1 amide bonds. The van der Waals surface area contributed by atoms with E-state index < -0.39 is 0 Å². The fourth-order valence-corrected chi connectivity index (χ4v) is 1.58. The summed E-state index contributed by atoms with van der Waals surface area (Å²) in [5, 5.41) is 11.4. The minimum absolute atomic E-state index is 0.0449. The van der Waals surface area contributed by atoms with Gasteiger partial charge in [0.15, 0.2) is 0 Å². The number of carbonyl (C=O) groups is 1. The maximum Gasteiger partial charge on any atom is 0.251 e. The average Bonchev–Trinajstić information content (AvgIpc) is 2.29. The van der Waals surface area contributed by atoms with Crippen LogP contribution >= 0.6 is 15.9 Å². The van der Waals surface area contributed by atoms with Crippen LogP contribution in [0.25, 0.3) is 0 Å². The van der Waals surface area contributed by atoms with E-state index in [1.807, 2.05) is 12.1 Å². The number of unbranched alkanes of at least 4 members (excludes halogenated alkanes) is 2. The highest BCUT2D eigenvalue weighted by Crippen LogP contribution is 2.10. The molecule has 2 N–H and O–H groups in total. The highest BCUT2D eigenvalue weighted by atomic mass is 79.9. The number of hydrogen-bond donors (Lipinski definition) is 2. The molecular formula is C12H16BrNO2. The maximum absolute atomic E-state index is 11.6. The Labute approximate surface area is 104 Å². The molecule has 0 aliphatic rings. The van der Waals surface area contributed by atoms with E-state index in [0.29, 0.717) is 12.1 Å². The van der Waals surface area contributed by atoms with Gasteiger partial charge in [0, 0.05) is 23.2 Å². The Bertz CT molecular complexity index is 324. The topological polar surface area (TPSA) is 49.3 Å². The van der Waals surface area contributed by atoms with Crippen LogP contribution in [-0.2, 0) is 0 Å².